The van der Waals surface area contributed by atoms with Gasteiger partial charge in [0.1, 0.15) is 17.7 Å². The van der Waals surface area contributed by atoms with Crippen LogP contribution in [0.3, 0.4) is 0 Å². The smallest absolute Gasteiger partial charge is 0.255 e. The van der Waals surface area contributed by atoms with Crippen LogP contribution in [0.1, 0.15) is 33.6 Å². The van der Waals surface area contributed by atoms with Gasteiger partial charge in [-0.15, -0.1) is 0 Å². The average molecular weight is 497 g/mol. The zero-order valence-electron chi connectivity index (χ0n) is 18.9. The Morgan fingerprint density at radius 2 is 1.54 bits per heavy atom. The molecule has 4 rings (SSSR count). The van der Waals surface area contributed by atoms with Crippen molar-refractivity contribution in [2.24, 2.45) is 0 Å². The van der Waals surface area contributed by atoms with Crippen LogP contribution in [0.15, 0.2) is 83.8 Å². The Labute approximate surface area is 203 Å². The van der Waals surface area contributed by atoms with Gasteiger partial charge in [0.05, 0.1) is 17.0 Å². The standard InChI is InChI=1S/C26H25FN2O5S/c27-20-10-12-22(13-11-20)35(32,33)29-16-14-21(15-17-29)34-25-9-5-4-8-23(25)26(31)28-18-24(30)19-6-2-1-3-7-19/h1-13,21H,14-18H2,(H,28,31). The first-order chi connectivity index (χ1) is 16.8. The number of carbonyl (C=O) groups is 2. The van der Waals surface area contributed by atoms with E-state index in [-0.39, 0.29) is 36.4 Å². The summed E-state index contributed by atoms with van der Waals surface area (Å²) in [6, 6.07) is 20.2. The first kappa shape index (κ1) is 24.6. The van der Waals surface area contributed by atoms with Crippen molar-refractivity contribution >= 4 is 21.7 Å². The highest BCUT2D eigenvalue weighted by Gasteiger charge is 2.30. The molecule has 3 aromatic carbocycles. The quantitative estimate of drug-likeness (QED) is 0.481. The summed E-state index contributed by atoms with van der Waals surface area (Å²) < 4.78 is 46.2. The topological polar surface area (TPSA) is 92.8 Å². The summed E-state index contributed by atoms with van der Waals surface area (Å²) in [6.45, 7) is 0.339. The van der Waals surface area contributed by atoms with Gasteiger partial charge in [-0.2, -0.15) is 4.31 Å². The zero-order valence-corrected chi connectivity index (χ0v) is 19.7. The molecule has 1 amide bonds. The first-order valence-electron chi connectivity index (χ1n) is 11.2. The van der Waals surface area contributed by atoms with Crippen molar-refractivity contribution in [3.8, 4) is 5.75 Å². The Morgan fingerprint density at radius 1 is 0.914 bits per heavy atom. The molecule has 0 saturated carbocycles. The number of benzene rings is 3. The number of nitrogens with one attached hydrogen (secondary N) is 1. The van der Waals surface area contributed by atoms with E-state index in [0.29, 0.717) is 29.7 Å². The normalized spacial score (nSPS) is 14.9. The largest absolute Gasteiger partial charge is 0.489 e. The fourth-order valence-electron chi connectivity index (χ4n) is 3.86. The highest BCUT2D eigenvalue weighted by atomic mass is 32.2. The van der Waals surface area contributed by atoms with E-state index in [1.807, 2.05) is 6.07 Å². The third-order valence-electron chi connectivity index (χ3n) is 5.78. The van der Waals surface area contributed by atoms with E-state index < -0.39 is 21.7 Å². The molecule has 0 unspecified atom stereocenters. The van der Waals surface area contributed by atoms with Crippen LogP contribution in [-0.4, -0.2) is 50.2 Å². The van der Waals surface area contributed by atoms with Crippen LogP contribution in [0.5, 0.6) is 5.75 Å². The van der Waals surface area contributed by atoms with Crippen molar-refractivity contribution in [2.75, 3.05) is 19.6 Å². The van der Waals surface area contributed by atoms with E-state index in [1.54, 1.807) is 48.5 Å². The number of sulfonamides is 1. The molecule has 0 spiro atoms. The minimum atomic E-state index is -3.72. The Morgan fingerprint density at radius 3 is 2.23 bits per heavy atom. The van der Waals surface area contributed by atoms with E-state index in [4.69, 9.17) is 4.74 Å². The number of ether oxygens (including phenoxy) is 1. The maximum absolute atomic E-state index is 13.2. The highest BCUT2D eigenvalue weighted by molar-refractivity contribution is 7.89. The van der Waals surface area contributed by atoms with Crippen molar-refractivity contribution in [1.29, 1.82) is 0 Å². The minimum absolute atomic E-state index is 0.0466. The van der Waals surface area contributed by atoms with Gasteiger partial charge in [-0.1, -0.05) is 42.5 Å². The lowest BCUT2D eigenvalue weighted by Crippen LogP contribution is -2.41. The van der Waals surface area contributed by atoms with E-state index in [2.05, 4.69) is 5.32 Å². The molecule has 3 aromatic rings. The summed E-state index contributed by atoms with van der Waals surface area (Å²) in [6.07, 6.45) is 0.584. The van der Waals surface area contributed by atoms with Crippen molar-refractivity contribution in [3.63, 3.8) is 0 Å². The van der Waals surface area contributed by atoms with Gasteiger partial charge in [-0.25, -0.2) is 12.8 Å². The summed E-state index contributed by atoms with van der Waals surface area (Å²) in [4.78, 5) is 25.1. The van der Waals surface area contributed by atoms with Gasteiger partial charge in [0.25, 0.3) is 5.91 Å². The molecule has 1 aliphatic heterocycles. The van der Waals surface area contributed by atoms with E-state index in [1.165, 1.54) is 16.4 Å². The van der Waals surface area contributed by atoms with Crippen LogP contribution in [0.4, 0.5) is 4.39 Å². The third kappa shape index (κ3) is 5.93. The number of Topliss-reactive ketones (excluding diaryl/α,β-unsaturated/α-hetero) is 1. The Bertz CT molecular complexity index is 1290. The molecule has 1 N–H and O–H groups in total. The van der Waals surface area contributed by atoms with Crippen LogP contribution in [0.2, 0.25) is 0 Å². The van der Waals surface area contributed by atoms with Gasteiger partial charge in [-0.05, 0) is 49.2 Å². The number of rotatable bonds is 8. The van der Waals surface area contributed by atoms with Crippen LogP contribution in [0.25, 0.3) is 0 Å². The average Bonchev–Trinajstić information content (AvgIpc) is 2.88. The molecular formula is C26H25FN2O5S. The zero-order chi connectivity index (χ0) is 24.8. The molecular weight excluding hydrogens is 471 g/mol. The predicted octanol–water partition coefficient (Wildman–Crippen LogP) is 3.67. The van der Waals surface area contributed by atoms with Crippen LogP contribution < -0.4 is 10.1 Å². The molecule has 0 atom stereocenters. The second-order valence-electron chi connectivity index (χ2n) is 8.14. The molecule has 1 fully saturated rings. The monoisotopic (exact) mass is 496 g/mol. The number of ketones is 1. The first-order valence-corrected chi connectivity index (χ1v) is 12.7. The van der Waals surface area contributed by atoms with Crippen molar-refractivity contribution < 1.29 is 27.1 Å². The Hall–Kier alpha value is -3.56. The highest BCUT2D eigenvalue weighted by Crippen LogP contribution is 2.26. The lowest BCUT2D eigenvalue weighted by Gasteiger charge is -2.31. The molecule has 35 heavy (non-hydrogen) atoms. The van der Waals surface area contributed by atoms with Crippen LogP contribution in [-0.2, 0) is 10.0 Å². The summed E-state index contributed by atoms with van der Waals surface area (Å²) in [7, 11) is -3.72. The SMILES string of the molecule is O=C(CNC(=O)c1ccccc1OC1CCN(S(=O)(=O)c2ccc(F)cc2)CC1)c1ccccc1. The molecule has 0 radical (unpaired) electrons. The molecule has 7 nitrogen and oxygen atoms in total. The number of para-hydroxylation sites is 1. The van der Waals surface area contributed by atoms with Crippen LogP contribution >= 0.6 is 0 Å². The summed E-state index contributed by atoms with van der Waals surface area (Å²) in [5.41, 5.74) is 0.814. The van der Waals surface area contributed by atoms with Gasteiger partial charge in [0.2, 0.25) is 10.0 Å². The number of halogens is 1. The number of nitrogens with zero attached hydrogens (tertiary/aromatic N) is 1. The lowest BCUT2D eigenvalue weighted by atomic mass is 10.1. The maximum Gasteiger partial charge on any atom is 0.255 e. The molecule has 9 heteroatoms. The van der Waals surface area contributed by atoms with Crippen molar-refractivity contribution in [1.82, 2.24) is 9.62 Å². The predicted molar refractivity (Wildman–Crippen MR) is 128 cm³/mol. The van der Waals surface area contributed by atoms with Gasteiger partial charge in [0, 0.05) is 18.7 Å². The fraction of sp³-hybridized carbons (Fsp3) is 0.231. The second-order valence-corrected chi connectivity index (χ2v) is 10.1. The molecule has 0 aliphatic carbocycles. The molecule has 0 bridgehead atoms. The number of amides is 1. The molecule has 1 saturated heterocycles. The number of piperidine rings is 1. The van der Waals surface area contributed by atoms with E-state index in [9.17, 15) is 22.4 Å². The minimum Gasteiger partial charge on any atom is -0.489 e. The maximum atomic E-state index is 13.2. The summed E-state index contributed by atoms with van der Waals surface area (Å²) in [5, 5.41) is 2.64. The number of hydrogen-bond donors (Lipinski definition) is 1. The van der Waals surface area contributed by atoms with Gasteiger partial charge < -0.3 is 10.1 Å². The van der Waals surface area contributed by atoms with E-state index in [0.717, 1.165) is 12.1 Å². The molecule has 1 heterocycles. The van der Waals surface area contributed by atoms with Gasteiger partial charge in [0.15, 0.2) is 5.78 Å². The molecule has 1 aliphatic rings. The number of hydrogen-bond acceptors (Lipinski definition) is 5. The molecule has 0 aromatic heterocycles. The van der Waals surface area contributed by atoms with Crippen molar-refractivity contribution in [2.45, 2.75) is 23.8 Å². The van der Waals surface area contributed by atoms with E-state index >= 15 is 0 Å². The summed E-state index contributed by atoms with van der Waals surface area (Å²) in [5.74, 6) is -0.756. The lowest BCUT2D eigenvalue weighted by molar-refractivity contribution is 0.0894. The van der Waals surface area contributed by atoms with Crippen molar-refractivity contribution in [3.05, 3.63) is 95.8 Å². The molecule has 182 valence electrons. The third-order valence-corrected chi connectivity index (χ3v) is 7.70. The van der Waals surface area contributed by atoms with Gasteiger partial charge in [-0.3, -0.25) is 9.59 Å². The van der Waals surface area contributed by atoms with Gasteiger partial charge >= 0.3 is 0 Å². The Kier molecular flexibility index (Phi) is 7.57. The Balaban J connectivity index is 1.35. The summed E-state index contributed by atoms with van der Waals surface area (Å²) >= 11 is 0. The number of carbonyl (C=O) groups excluding carboxylic acids is 2. The fourth-order valence-corrected chi connectivity index (χ4v) is 5.33. The van der Waals surface area contributed by atoms with Crippen LogP contribution in [0, 0.1) is 5.82 Å². The second kappa shape index (κ2) is 10.8.